The molecule has 0 aromatic heterocycles. The lowest BCUT2D eigenvalue weighted by molar-refractivity contribution is 0.121. The summed E-state index contributed by atoms with van der Waals surface area (Å²) in [4.78, 5) is 2.68. The largest absolute Gasteiger partial charge is 0.417 e. The summed E-state index contributed by atoms with van der Waals surface area (Å²) in [5.41, 5.74) is 8.01. The second-order valence-corrected chi connectivity index (χ2v) is 16.2. The molecule has 1 saturated carbocycles. The maximum Gasteiger partial charge on any atom is 0.191 e. The zero-order chi connectivity index (χ0) is 21.2. The van der Waals surface area contributed by atoms with E-state index < -0.39 is 8.32 Å². The molecule has 2 fully saturated rings. The number of likely N-dealkylation sites (tertiary alicyclic amines) is 1. The van der Waals surface area contributed by atoms with Crippen LogP contribution in [0, 0.1) is 11.8 Å². The lowest BCUT2D eigenvalue weighted by atomic mass is 9.89. The van der Waals surface area contributed by atoms with Gasteiger partial charge in [-0.25, -0.2) is 0 Å². The van der Waals surface area contributed by atoms with E-state index in [-0.39, 0.29) is 5.04 Å². The highest BCUT2D eigenvalue weighted by Gasteiger charge is 2.41. The van der Waals surface area contributed by atoms with E-state index in [0.29, 0.717) is 18.0 Å². The van der Waals surface area contributed by atoms with Crippen LogP contribution in [0.3, 0.4) is 0 Å². The number of nitrogens with zero attached hydrogens (tertiary/aromatic N) is 1. The molecular formula is C24H41ClN2OSi. The summed E-state index contributed by atoms with van der Waals surface area (Å²) < 4.78 is 6.51. The van der Waals surface area contributed by atoms with E-state index in [1.807, 2.05) is 12.1 Å². The first-order valence-electron chi connectivity index (χ1n) is 11.4. The van der Waals surface area contributed by atoms with E-state index in [1.165, 1.54) is 44.3 Å². The van der Waals surface area contributed by atoms with Crippen LogP contribution in [0.5, 0.6) is 0 Å². The van der Waals surface area contributed by atoms with Gasteiger partial charge in [0.2, 0.25) is 0 Å². The molecule has 2 aliphatic rings. The Morgan fingerprint density at radius 3 is 2.28 bits per heavy atom. The Morgan fingerprint density at radius 2 is 1.69 bits per heavy atom. The standard InChI is InChI=1S/C24H41ClN2OSi/c1-24(2,3)29(4,5)28-17-20-15-22(26)23(16-20)27-12-10-19(11-13-27)14-18-6-8-21(25)9-7-18/h6-9,19-20,22-23H,10-17,26H2,1-5H3/t20-,22+,23+/m0/s1. The zero-order valence-corrected chi connectivity index (χ0v) is 20.8. The topological polar surface area (TPSA) is 38.5 Å². The second kappa shape index (κ2) is 9.40. The van der Waals surface area contributed by atoms with Crippen molar-refractivity contribution in [1.29, 1.82) is 0 Å². The van der Waals surface area contributed by atoms with Gasteiger partial charge in [0.15, 0.2) is 8.32 Å². The number of hydrogen-bond acceptors (Lipinski definition) is 3. The van der Waals surface area contributed by atoms with Crippen molar-refractivity contribution >= 4 is 19.9 Å². The van der Waals surface area contributed by atoms with Crippen LogP contribution in [0.1, 0.15) is 52.0 Å². The van der Waals surface area contributed by atoms with Crippen LogP contribution < -0.4 is 5.73 Å². The van der Waals surface area contributed by atoms with Gasteiger partial charge >= 0.3 is 0 Å². The number of rotatable bonds is 6. The summed E-state index contributed by atoms with van der Waals surface area (Å²) >= 11 is 6.02. The molecule has 3 nitrogen and oxygen atoms in total. The van der Waals surface area contributed by atoms with Crippen LogP contribution in [0.25, 0.3) is 0 Å². The van der Waals surface area contributed by atoms with Crippen molar-refractivity contribution in [2.45, 2.75) is 83.1 Å². The molecule has 2 N–H and O–H groups in total. The second-order valence-electron chi connectivity index (χ2n) is 10.9. The number of hydrogen-bond donors (Lipinski definition) is 1. The molecular weight excluding hydrogens is 396 g/mol. The van der Waals surface area contributed by atoms with Crippen LogP contribution >= 0.6 is 11.6 Å². The van der Waals surface area contributed by atoms with Crippen molar-refractivity contribution < 1.29 is 4.43 Å². The van der Waals surface area contributed by atoms with Gasteiger partial charge in [0.25, 0.3) is 0 Å². The number of benzene rings is 1. The predicted molar refractivity (Wildman–Crippen MR) is 127 cm³/mol. The molecule has 0 bridgehead atoms. The Balaban J connectivity index is 1.45. The SMILES string of the molecule is CC(C)(C)[Si](C)(C)OC[C@H]1C[C@@H](N)[C@H](N2CCC(Cc3ccc(Cl)cc3)CC2)C1. The van der Waals surface area contributed by atoms with Crippen LogP contribution in [0.15, 0.2) is 24.3 Å². The monoisotopic (exact) mass is 436 g/mol. The van der Waals surface area contributed by atoms with Crippen molar-refractivity contribution in [3.63, 3.8) is 0 Å². The van der Waals surface area contributed by atoms with E-state index in [9.17, 15) is 0 Å². The molecule has 164 valence electrons. The minimum atomic E-state index is -1.67. The zero-order valence-electron chi connectivity index (χ0n) is 19.1. The van der Waals surface area contributed by atoms with Gasteiger partial charge in [-0.15, -0.1) is 0 Å². The lowest BCUT2D eigenvalue weighted by Gasteiger charge is -2.38. The highest BCUT2D eigenvalue weighted by atomic mass is 35.5. The van der Waals surface area contributed by atoms with Crippen molar-refractivity contribution in [3.05, 3.63) is 34.9 Å². The predicted octanol–water partition coefficient (Wildman–Crippen LogP) is 5.72. The molecule has 1 heterocycles. The number of halogens is 1. The molecule has 3 rings (SSSR count). The maximum atomic E-state index is 6.60. The van der Waals surface area contributed by atoms with Crippen LogP contribution in [0.4, 0.5) is 0 Å². The summed E-state index contributed by atoms with van der Waals surface area (Å²) in [6.45, 7) is 14.9. The van der Waals surface area contributed by atoms with E-state index >= 15 is 0 Å². The van der Waals surface area contributed by atoms with Gasteiger partial charge in [-0.3, -0.25) is 4.90 Å². The van der Waals surface area contributed by atoms with Gasteiger partial charge in [-0.1, -0.05) is 44.5 Å². The minimum absolute atomic E-state index is 0.277. The van der Waals surface area contributed by atoms with Gasteiger partial charge in [-0.2, -0.15) is 0 Å². The van der Waals surface area contributed by atoms with E-state index in [4.69, 9.17) is 21.8 Å². The van der Waals surface area contributed by atoms with Gasteiger partial charge in [-0.05, 0) is 92.9 Å². The molecule has 1 aromatic carbocycles. The van der Waals surface area contributed by atoms with Gasteiger partial charge < -0.3 is 10.2 Å². The molecule has 0 amide bonds. The molecule has 1 saturated heterocycles. The molecule has 29 heavy (non-hydrogen) atoms. The number of nitrogens with two attached hydrogens (primary N) is 1. The van der Waals surface area contributed by atoms with Crippen LogP contribution in [-0.4, -0.2) is 45.0 Å². The fourth-order valence-corrected chi connectivity index (χ4v) is 5.91. The van der Waals surface area contributed by atoms with Crippen LogP contribution in [0.2, 0.25) is 23.2 Å². The Labute approximate surface area is 184 Å². The highest BCUT2D eigenvalue weighted by Crippen LogP contribution is 2.38. The lowest BCUT2D eigenvalue weighted by Crippen LogP contribution is -2.48. The van der Waals surface area contributed by atoms with Crippen molar-refractivity contribution in [2.75, 3.05) is 19.7 Å². The molecule has 3 atom stereocenters. The first-order chi connectivity index (χ1) is 13.5. The van der Waals surface area contributed by atoms with E-state index in [1.54, 1.807) is 0 Å². The Bertz CT molecular complexity index is 650. The third kappa shape index (κ3) is 6.07. The first kappa shape index (κ1) is 23.3. The van der Waals surface area contributed by atoms with E-state index in [2.05, 4.69) is 50.9 Å². The van der Waals surface area contributed by atoms with Crippen molar-refractivity contribution in [1.82, 2.24) is 4.90 Å². The molecule has 0 spiro atoms. The van der Waals surface area contributed by atoms with E-state index in [0.717, 1.165) is 24.0 Å². The van der Waals surface area contributed by atoms with Crippen LogP contribution in [-0.2, 0) is 10.8 Å². The Kier molecular flexibility index (Phi) is 7.54. The normalized spacial score (nSPS) is 27.5. The first-order valence-corrected chi connectivity index (χ1v) is 14.7. The van der Waals surface area contributed by atoms with Gasteiger partial charge in [0.1, 0.15) is 0 Å². The maximum absolute atomic E-state index is 6.60. The van der Waals surface area contributed by atoms with Crippen molar-refractivity contribution in [2.24, 2.45) is 17.6 Å². The fraction of sp³-hybridized carbons (Fsp3) is 0.750. The summed E-state index contributed by atoms with van der Waals surface area (Å²) in [7, 11) is -1.67. The third-order valence-electron chi connectivity index (χ3n) is 7.72. The summed E-state index contributed by atoms with van der Waals surface area (Å²) in [5, 5.41) is 1.10. The average Bonchev–Trinajstić information content (AvgIpc) is 3.02. The Morgan fingerprint density at radius 1 is 1.07 bits per heavy atom. The molecule has 1 aliphatic heterocycles. The average molecular weight is 437 g/mol. The van der Waals surface area contributed by atoms with Gasteiger partial charge in [0.05, 0.1) is 0 Å². The summed E-state index contributed by atoms with van der Waals surface area (Å²) in [6, 6.07) is 9.21. The smallest absolute Gasteiger partial charge is 0.191 e. The molecule has 0 radical (unpaired) electrons. The summed E-state index contributed by atoms with van der Waals surface area (Å²) in [5.74, 6) is 1.40. The fourth-order valence-electron chi connectivity index (χ4n) is 4.70. The van der Waals surface area contributed by atoms with Gasteiger partial charge in [0, 0.05) is 23.7 Å². The quantitative estimate of drug-likeness (QED) is 0.579. The molecule has 1 aromatic rings. The molecule has 0 unspecified atom stereocenters. The van der Waals surface area contributed by atoms with Crippen molar-refractivity contribution in [3.8, 4) is 0 Å². The number of piperidine rings is 1. The third-order valence-corrected chi connectivity index (χ3v) is 12.5. The molecule has 1 aliphatic carbocycles. The Hall–Kier alpha value is -0.393. The highest BCUT2D eigenvalue weighted by molar-refractivity contribution is 6.74. The summed E-state index contributed by atoms with van der Waals surface area (Å²) in [6.07, 6.45) is 6.04. The minimum Gasteiger partial charge on any atom is -0.417 e. The molecule has 5 heteroatoms.